The van der Waals surface area contributed by atoms with Crippen LogP contribution < -0.4 is 10.6 Å². The predicted molar refractivity (Wildman–Crippen MR) is 131 cm³/mol. The first-order chi connectivity index (χ1) is 16.4. The lowest BCUT2D eigenvalue weighted by molar-refractivity contribution is -0.137. The van der Waals surface area contributed by atoms with Gasteiger partial charge in [0, 0.05) is 24.9 Å². The molecule has 0 heterocycles. The minimum atomic E-state index is -0.918. The van der Waals surface area contributed by atoms with Gasteiger partial charge in [0.25, 0.3) is 0 Å². The molecule has 34 heavy (non-hydrogen) atoms. The zero-order valence-electron chi connectivity index (χ0n) is 19.9. The van der Waals surface area contributed by atoms with Crippen LogP contribution in [0.4, 0.5) is 4.79 Å². The summed E-state index contributed by atoms with van der Waals surface area (Å²) in [4.78, 5) is 35.5. The number of carboxylic acids is 1. The largest absolute Gasteiger partial charge is 0.481 e. The smallest absolute Gasteiger partial charge is 0.407 e. The van der Waals surface area contributed by atoms with Crippen molar-refractivity contribution in [1.29, 1.82) is 0 Å². The molecule has 3 rings (SSSR count). The summed E-state index contributed by atoms with van der Waals surface area (Å²) in [5, 5.41) is 14.6. The van der Waals surface area contributed by atoms with Crippen molar-refractivity contribution >= 4 is 18.0 Å². The molecular formula is C27H34N2O5. The molecule has 0 saturated heterocycles. The summed E-state index contributed by atoms with van der Waals surface area (Å²) in [6, 6.07) is 16.0. The Labute approximate surface area is 200 Å². The van der Waals surface area contributed by atoms with Crippen LogP contribution in [0.1, 0.15) is 63.0 Å². The summed E-state index contributed by atoms with van der Waals surface area (Å²) in [5.41, 5.74) is 4.70. The second-order valence-electron chi connectivity index (χ2n) is 9.00. The van der Waals surface area contributed by atoms with Crippen molar-refractivity contribution in [2.24, 2.45) is 5.92 Å². The van der Waals surface area contributed by atoms with Gasteiger partial charge in [0.2, 0.25) is 5.91 Å². The summed E-state index contributed by atoms with van der Waals surface area (Å²) < 4.78 is 5.53. The topological polar surface area (TPSA) is 105 Å². The Morgan fingerprint density at radius 2 is 1.59 bits per heavy atom. The molecule has 0 aromatic heterocycles. The van der Waals surface area contributed by atoms with Crippen molar-refractivity contribution in [2.75, 3.05) is 13.2 Å². The van der Waals surface area contributed by atoms with E-state index in [0.29, 0.717) is 19.4 Å². The molecule has 2 aromatic carbocycles. The normalized spacial score (nSPS) is 13.9. The van der Waals surface area contributed by atoms with Gasteiger partial charge in [-0.1, -0.05) is 68.8 Å². The fourth-order valence-corrected chi connectivity index (χ4v) is 4.56. The fourth-order valence-electron chi connectivity index (χ4n) is 4.56. The zero-order valence-corrected chi connectivity index (χ0v) is 19.9. The quantitative estimate of drug-likeness (QED) is 0.421. The van der Waals surface area contributed by atoms with E-state index in [9.17, 15) is 14.4 Å². The summed E-state index contributed by atoms with van der Waals surface area (Å²) in [7, 11) is 0. The average Bonchev–Trinajstić information content (AvgIpc) is 3.11. The van der Waals surface area contributed by atoms with Crippen LogP contribution in [0.2, 0.25) is 0 Å². The number of carboxylic acid groups (broad SMARTS) is 1. The average molecular weight is 467 g/mol. The first-order valence-electron chi connectivity index (χ1n) is 12.0. The Hall–Kier alpha value is -3.35. The highest BCUT2D eigenvalue weighted by molar-refractivity contribution is 5.79. The van der Waals surface area contributed by atoms with Crippen molar-refractivity contribution < 1.29 is 24.2 Å². The number of carbonyl (C=O) groups is 3. The van der Waals surface area contributed by atoms with Gasteiger partial charge >= 0.3 is 12.1 Å². The SMILES string of the molecule is CCC[C@H](CC(=O)O)NC(=O)CC(C)CCNC(=O)OCC1c2ccccc2-c2ccccc21. The summed E-state index contributed by atoms with van der Waals surface area (Å²) in [5.74, 6) is -1.02. The second kappa shape index (κ2) is 12.2. The summed E-state index contributed by atoms with van der Waals surface area (Å²) in [6.45, 7) is 4.56. The van der Waals surface area contributed by atoms with Crippen LogP contribution in [0.5, 0.6) is 0 Å². The number of alkyl carbamates (subject to hydrolysis) is 1. The van der Waals surface area contributed by atoms with Gasteiger partial charge in [0.1, 0.15) is 6.61 Å². The molecule has 0 radical (unpaired) electrons. The number of nitrogens with one attached hydrogen (secondary N) is 2. The Bertz CT molecular complexity index is 961. The molecule has 7 nitrogen and oxygen atoms in total. The van der Waals surface area contributed by atoms with Crippen LogP contribution in [0.3, 0.4) is 0 Å². The van der Waals surface area contributed by atoms with Crippen LogP contribution in [0.15, 0.2) is 48.5 Å². The van der Waals surface area contributed by atoms with Crippen LogP contribution in [-0.4, -0.2) is 42.3 Å². The van der Waals surface area contributed by atoms with Gasteiger partial charge < -0.3 is 20.5 Å². The van der Waals surface area contributed by atoms with E-state index in [4.69, 9.17) is 9.84 Å². The molecule has 0 bridgehead atoms. The van der Waals surface area contributed by atoms with E-state index in [1.54, 1.807) is 0 Å². The molecule has 0 saturated carbocycles. The van der Waals surface area contributed by atoms with Gasteiger partial charge in [-0.3, -0.25) is 9.59 Å². The van der Waals surface area contributed by atoms with Gasteiger partial charge in [-0.15, -0.1) is 0 Å². The number of amides is 2. The maximum absolute atomic E-state index is 12.3. The first-order valence-corrected chi connectivity index (χ1v) is 12.0. The van der Waals surface area contributed by atoms with E-state index in [-0.39, 0.29) is 43.2 Å². The highest BCUT2D eigenvalue weighted by Gasteiger charge is 2.29. The molecule has 0 fully saturated rings. The molecule has 0 spiro atoms. The van der Waals surface area contributed by atoms with Gasteiger partial charge in [-0.25, -0.2) is 4.79 Å². The lowest BCUT2D eigenvalue weighted by Crippen LogP contribution is -2.37. The van der Waals surface area contributed by atoms with Gasteiger partial charge in [-0.2, -0.15) is 0 Å². The van der Waals surface area contributed by atoms with E-state index in [2.05, 4.69) is 34.9 Å². The Morgan fingerprint density at radius 1 is 0.971 bits per heavy atom. The summed E-state index contributed by atoms with van der Waals surface area (Å²) >= 11 is 0. The first kappa shape index (κ1) is 25.3. The Balaban J connectivity index is 1.40. The van der Waals surface area contributed by atoms with Crippen molar-refractivity contribution in [2.45, 2.75) is 57.9 Å². The molecule has 3 N–H and O–H groups in total. The van der Waals surface area contributed by atoms with Crippen molar-refractivity contribution in [3.8, 4) is 11.1 Å². The van der Waals surface area contributed by atoms with Gasteiger partial charge in [0.15, 0.2) is 0 Å². The van der Waals surface area contributed by atoms with Crippen LogP contribution >= 0.6 is 0 Å². The molecule has 2 atom stereocenters. The third-order valence-corrected chi connectivity index (χ3v) is 6.21. The highest BCUT2D eigenvalue weighted by atomic mass is 16.5. The molecule has 1 unspecified atom stereocenters. The Kier molecular flexibility index (Phi) is 9.08. The van der Waals surface area contributed by atoms with E-state index >= 15 is 0 Å². The maximum atomic E-state index is 12.3. The van der Waals surface area contributed by atoms with Crippen LogP contribution in [-0.2, 0) is 14.3 Å². The van der Waals surface area contributed by atoms with Crippen molar-refractivity contribution in [1.82, 2.24) is 10.6 Å². The van der Waals surface area contributed by atoms with Crippen LogP contribution in [0.25, 0.3) is 11.1 Å². The minimum absolute atomic E-state index is 0.0163. The monoisotopic (exact) mass is 466 g/mol. The second-order valence-corrected chi connectivity index (χ2v) is 9.00. The molecule has 1 aliphatic carbocycles. The molecule has 2 amide bonds. The molecule has 0 aliphatic heterocycles. The number of hydrogen-bond acceptors (Lipinski definition) is 4. The van der Waals surface area contributed by atoms with E-state index in [0.717, 1.165) is 6.42 Å². The highest BCUT2D eigenvalue weighted by Crippen LogP contribution is 2.44. The molecular weight excluding hydrogens is 432 g/mol. The Morgan fingerprint density at radius 3 is 2.18 bits per heavy atom. The van der Waals surface area contributed by atoms with E-state index in [1.807, 2.05) is 38.1 Å². The summed E-state index contributed by atoms with van der Waals surface area (Å²) in [6.07, 6.45) is 1.80. The number of fused-ring (bicyclic) bond motifs is 3. The van der Waals surface area contributed by atoms with E-state index < -0.39 is 12.1 Å². The fraction of sp³-hybridized carbons (Fsp3) is 0.444. The predicted octanol–water partition coefficient (Wildman–Crippen LogP) is 4.70. The minimum Gasteiger partial charge on any atom is -0.481 e. The van der Waals surface area contributed by atoms with Crippen molar-refractivity contribution in [3.05, 3.63) is 59.7 Å². The number of carbonyl (C=O) groups excluding carboxylic acids is 2. The molecule has 182 valence electrons. The standard InChI is InChI=1S/C27H34N2O5/c1-3-8-19(16-26(31)32)29-25(30)15-18(2)13-14-28-27(33)34-17-24-22-11-6-4-9-20(22)21-10-5-7-12-23(21)24/h4-7,9-12,18-19,24H,3,8,13-17H2,1-2H3,(H,28,33)(H,29,30)(H,31,32)/t18?,19-/m1/s1. The van der Waals surface area contributed by atoms with Crippen molar-refractivity contribution in [3.63, 3.8) is 0 Å². The number of ether oxygens (including phenoxy) is 1. The number of rotatable bonds is 12. The number of aliphatic carboxylic acids is 1. The maximum Gasteiger partial charge on any atom is 0.407 e. The lowest BCUT2D eigenvalue weighted by Gasteiger charge is -2.18. The molecule has 7 heteroatoms. The van der Waals surface area contributed by atoms with Gasteiger partial charge in [0.05, 0.1) is 6.42 Å². The third-order valence-electron chi connectivity index (χ3n) is 6.21. The van der Waals surface area contributed by atoms with Crippen LogP contribution in [0, 0.1) is 5.92 Å². The number of benzene rings is 2. The van der Waals surface area contributed by atoms with Gasteiger partial charge in [-0.05, 0) is 41.0 Å². The molecule has 2 aromatic rings. The number of hydrogen-bond donors (Lipinski definition) is 3. The zero-order chi connectivity index (χ0) is 24.5. The van der Waals surface area contributed by atoms with E-state index in [1.165, 1.54) is 22.3 Å². The third kappa shape index (κ3) is 6.83. The lowest BCUT2D eigenvalue weighted by atomic mass is 9.98. The molecule has 1 aliphatic rings.